The van der Waals surface area contributed by atoms with Gasteiger partial charge in [-0.1, -0.05) is 25.6 Å². The van der Waals surface area contributed by atoms with Gasteiger partial charge in [0.05, 0.1) is 7.11 Å². The fourth-order valence-electron chi connectivity index (χ4n) is 2.95. The van der Waals surface area contributed by atoms with Gasteiger partial charge in [-0.2, -0.15) is 0 Å². The smallest absolute Gasteiger partial charge is 0.126 e. The monoisotopic (exact) mass is 245 g/mol. The molecule has 1 aliphatic carbocycles. The Bertz CT molecular complexity index is 424. The molecule has 1 aromatic rings. The molecule has 0 N–H and O–H groups in total. The topological polar surface area (TPSA) is 12.5 Å². The molecule has 1 aromatic carbocycles. The zero-order chi connectivity index (χ0) is 13.1. The van der Waals surface area contributed by atoms with Gasteiger partial charge in [-0.25, -0.2) is 0 Å². The Morgan fingerprint density at radius 1 is 1.44 bits per heavy atom. The second kappa shape index (κ2) is 5.57. The molecule has 0 bridgehead atoms. The van der Waals surface area contributed by atoms with E-state index in [-0.39, 0.29) is 0 Å². The first kappa shape index (κ1) is 13.2. The van der Waals surface area contributed by atoms with E-state index in [2.05, 4.69) is 37.6 Å². The van der Waals surface area contributed by atoms with Gasteiger partial charge >= 0.3 is 0 Å². The van der Waals surface area contributed by atoms with Crippen molar-refractivity contribution in [1.29, 1.82) is 0 Å². The zero-order valence-corrected chi connectivity index (χ0v) is 11.7. The van der Waals surface area contributed by atoms with E-state index in [9.17, 15) is 0 Å². The van der Waals surface area contributed by atoms with Gasteiger partial charge in [-0.05, 0) is 50.1 Å². The Labute approximate surface area is 110 Å². The first-order valence-corrected chi connectivity index (χ1v) is 6.74. The molecule has 98 valence electrons. The van der Waals surface area contributed by atoms with E-state index in [4.69, 9.17) is 4.74 Å². The molecule has 0 spiro atoms. The standard InChI is InChI=1S/C16H23NO/c1-5-11-17(3)14-10-9-13-7-6-8-15(18-4)16(13)12(14)2/h6-8,14H,2,5,9-11H2,1,3-4H3. The fourth-order valence-corrected chi connectivity index (χ4v) is 2.95. The molecular formula is C16H23NO. The Morgan fingerprint density at radius 3 is 2.89 bits per heavy atom. The summed E-state index contributed by atoms with van der Waals surface area (Å²) in [6, 6.07) is 6.75. The predicted molar refractivity (Wildman–Crippen MR) is 77.1 cm³/mol. The van der Waals surface area contributed by atoms with Crippen molar-refractivity contribution < 1.29 is 4.74 Å². The van der Waals surface area contributed by atoms with Crippen LogP contribution >= 0.6 is 0 Å². The van der Waals surface area contributed by atoms with E-state index in [1.165, 1.54) is 23.1 Å². The zero-order valence-electron chi connectivity index (χ0n) is 11.7. The van der Waals surface area contributed by atoms with Crippen molar-refractivity contribution in [3.63, 3.8) is 0 Å². The van der Waals surface area contributed by atoms with Gasteiger partial charge in [-0.15, -0.1) is 0 Å². The number of hydrogen-bond acceptors (Lipinski definition) is 2. The van der Waals surface area contributed by atoms with Gasteiger partial charge in [0.25, 0.3) is 0 Å². The molecule has 0 saturated carbocycles. The van der Waals surface area contributed by atoms with Crippen LogP contribution in [0.3, 0.4) is 0 Å². The molecular weight excluding hydrogens is 222 g/mol. The number of benzene rings is 1. The summed E-state index contributed by atoms with van der Waals surface area (Å²) in [5.41, 5.74) is 3.82. The van der Waals surface area contributed by atoms with Crippen LogP contribution in [-0.2, 0) is 6.42 Å². The quantitative estimate of drug-likeness (QED) is 0.806. The molecule has 0 fully saturated rings. The lowest BCUT2D eigenvalue weighted by Gasteiger charge is -2.34. The molecule has 0 radical (unpaired) electrons. The van der Waals surface area contributed by atoms with Crippen LogP contribution in [0.25, 0.3) is 5.57 Å². The van der Waals surface area contributed by atoms with Gasteiger partial charge in [0, 0.05) is 11.6 Å². The number of fused-ring (bicyclic) bond motifs is 1. The number of methoxy groups -OCH3 is 1. The van der Waals surface area contributed by atoms with Crippen molar-refractivity contribution in [1.82, 2.24) is 4.90 Å². The van der Waals surface area contributed by atoms with Gasteiger partial charge in [0.2, 0.25) is 0 Å². The highest BCUT2D eigenvalue weighted by atomic mass is 16.5. The van der Waals surface area contributed by atoms with E-state index in [1.54, 1.807) is 7.11 Å². The fraction of sp³-hybridized carbons (Fsp3) is 0.500. The molecule has 2 rings (SSSR count). The lowest BCUT2D eigenvalue weighted by molar-refractivity contribution is 0.274. The molecule has 18 heavy (non-hydrogen) atoms. The molecule has 0 saturated heterocycles. The normalized spacial score (nSPS) is 18.9. The lowest BCUT2D eigenvalue weighted by Crippen LogP contribution is -2.35. The van der Waals surface area contributed by atoms with E-state index < -0.39 is 0 Å². The summed E-state index contributed by atoms with van der Waals surface area (Å²) in [6.07, 6.45) is 3.46. The number of aryl methyl sites for hydroxylation is 1. The third-order valence-corrected chi connectivity index (χ3v) is 3.85. The minimum absolute atomic E-state index is 0.453. The van der Waals surface area contributed by atoms with E-state index >= 15 is 0 Å². The first-order chi connectivity index (χ1) is 8.69. The molecule has 0 heterocycles. The van der Waals surface area contributed by atoms with Gasteiger partial charge in [0.1, 0.15) is 5.75 Å². The van der Waals surface area contributed by atoms with Gasteiger partial charge in [0.15, 0.2) is 0 Å². The summed E-state index contributed by atoms with van der Waals surface area (Å²) >= 11 is 0. The SMILES string of the molecule is C=C1c2c(cccc2OC)CCC1N(C)CCC. The van der Waals surface area contributed by atoms with Crippen LogP contribution in [0, 0.1) is 0 Å². The minimum Gasteiger partial charge on any atom is -0.496 e. The predicted octanol–water partition coefficient (Wildman–Crippen LogP) is 3.37. The maximum absolute atomic E-state index is 5.49. The first-order valence-electron chi connectivity index (χ1n) is 6.74. The van der Waals surface area contributed by atoms with Crippen LogP contribution < -0.4 is 4.74 Å². The Morgan fingerprint density at radius 2 is 2.22 bits per heavy atom. The maximum Gasteiger partial charge on any atom is 0.126 e. The summed E-state index contributed by atoms with van der Waals surface area (Å²) in [5, 5.41) is 0. The van der Waals surface area contributed by atoms with Crippen molar-refractivity contribution in [2.75, 3.05) is 20.7 Å². The van der Waals surface area contributed by atoms with Crippen molar-refractivity contribution in [2.45, 2.75) is 32.2 Å². The number of nitrogens with zero attached hydrogens (tertiary/aromatic N) is 1. The third-order valence-electron chi connectivity index (χ3n) is 3.85. The molecule has 1 atom stereocenters. The van der Waals surface area contributed by atoms with Crippen LogP contribution in [0.5, 0.6) is 5.75 Å². The Balaban J connectivity index is 2.32. The summed E-state index contributed by atoms with van der Waals surface area (Å²) in [7, 11) is 3.93. The Hall–Kier alpha value is -1.28. The van der Waals surface area contributed by atoms with Crippen molar-refractivity contribution >= 4 is 5.57 Å². The van der Waals surface area contributed by atoms with Crippen LogP contribution in [0.1, 0.15) is 30.9 Å². The van der Waals surface area contributed by atoms with Crippen LogP contribution in [-0.4, -0.2) is 31.6 Å². The number of rotatable bonds is 4. The van der Waals surface area contributed by atoms with E-state index in [0.29, 0.717) is 6.04 Å². The molecule has 0 amide bonds. The number of ether oxygens (including phenoxy) is 1. The highest BCUT2D eigenvalue weighted by Gasteiger charge is 2.27. The molecule has 2 nitrogen and oxygen atoms in total. The summed E-state index contributed by atoms with van der Waals surface area (Å²) < 4.78 is 5.49. The minimum atomic E-state index is 0.453. The lowest BCUT2D eigenvalue weighted by atomic mass is 9.83. The molecule has 1 aliphatic rings. The van der Waals surface area contributed by atoms with Gasteiger partial charge < -0.3 is 4.74 Å². The Kier molecular flexibility index (Phi) is 4.07. The average Bonchev–Trinajstić information content (AvgIpc) is 2.38. The highest BCUT2D eigenvalue weighted by Crippen LogP contribution is 2.38. The van der Waals surface area contributed by atoms with E-state index in [1.807, 2.05) is 6.07 Å². The van der Waals surface area contributed by atoms with E-state index in [0.717, 1.165) is 25.1 Å². The molecule has 0 aromatic heterocycles. The summed E-state index contributed by atoms with van der Waals surface area (Å²) in [6.45, 7) is 7.67. The third kappa shape index (κ3) is 2.30. The van der Waals surface area contributed by atoms with Crippen LogP contribution in [0.4, 0.5) is 0 Å². The second-order valence-corrected chi connectivity index (χ2v) is 5.05. The highest BCUT2D eigenvalue weighted by molar-refractivity contribution is 5.76. The van der Waals surface area contributed by atoms with Crippen molar-refractivity contribution in [3.8, 4) is 5.75 Å². The second-order valence-electron chi connectivity index (χ2n) is 5.05. The summed E-state index contributed by atoms with van der Waals surface area (Å²) in [4.78, 5) is 2.41. The summed E-state index contributed by atoms with van der Waals surface area (Å²) in [5.74, 6) is 0.965. The van der Waals surface area contributed by atoms with Crippen LogP contribution in [0.15, 0.2) is 24.8 Å². The average molecular weight is 245 g/mol. The largest absolute Gasteiger partial charge is 0.496 e. The molecule has 0 aliphatic heterocycles. The number of likely N-dealkylation sites (N-methyl/N-ethyl adjacent to an activating group) is 1. The van der Waals surface area contributed by atoms with Gasteiger partial charge in [-0.3, -0.25) is 4.90 Å². The van der Waals surface area contributed by atoms with Crippen LogP contribution in [0.2, 0.25) is 0 Å². The number of hydrogen-bond donors (Lipinski definition) is 0. The van der Waals surface area contributed by atoms with Crippen molar-refractivity contribution in [3.05, 3.63) is 35.9 Å². The molecule has 2 heteroatoms. The molecule has 1 unspecified atom stereocenters. The van der Waals surface area contributed by atoms with Crippen molar-refractivity contribution in [2.24, 2.45) is 0 Å². The maximum atomic E-state index is 5.49.